The van der Waals surface area contributed by atoms with Gasteiger partial charge in [0.25, 0.3) is 0 Å². The van der Waals surface area contributed by atoms with Gasteiger partial charge >= 0.3 is 0 Å². The molecule has 0 aliphatic carbocycles. The summed E-state index contributed by atoms with van der Waals surface area (Å²) in [6, 6.07) is 7.29. The number of rotatable bonds is 4. The van der Waals surface area contributed by atoms with Crippen LogP contribution in [0.2, 0.25) is 5.02 Å². The standard InChI is InChI=1S/C14H18ClN3O2S/c1-21(19,20)18-6-4-11(5-7-18)10-17-13-3-2-12(9-16)14(15)8-13/h2-3,8,11,17H,4-7,10H2,1H3. The van der Waals surface area contributed by atoms with Crippen LogP contribution < -0.4 is 5.32 Å². The average molecular weight is 328 g/mol. The second-order valence-electron chi connectivity index (χ2n) is 5.29. The van der Waals surface area contributed by atoms with Crippen molar-refractivity contribution in [3.8, 4) is 6.07 Å². The summed E-state index contributed by atoms with van der Waals surface area (Å²) >= 11 is 5.98. The Morgan fingerprint density at radius 1 is 1.43 bits per heavy atom. The average Bonchev–Trinajstić information content (AvgIpc) is 2.45. The number of anilines is 1. The minimum Gasteiger partial charge on any atom is -0.385 e. The van der Waals surface area contributed by atoms with Gasteiger partial charge in [-0.05, 0) is 37.0 Å². The van der Waals surface area contributed by atoms with E-state index in [1.807, 2.05) is 12.1 Å². The molecule has 1 fully saturated rings. The zero-order valence-corrected chi connectivity index (χ0v) is 13.4. The highest BCUT2D eigenvalue weighted by atomic mass is 35.5. The van der Waals surface area contributed by atoms with E-state index in [9.17, 15) is 8.42 Å². The molecule has 7 heteroatoms. The molecule has 0 unspecified atom stereocenters. The van der Waals surface area contributed by atoms with Crippen molar-refractivity contribution < 1.29 is 8.42 Å². The fourth-order valence-electron chi connectivity index (χ4n) is 2.42. The van der Waals surface area contributed by atoms with Crippen molar-refractivity contribution in [1.29, 1.82) is 5.26 Å². The maximum absolute atomic E-state index is 11.4. The Bertz CT molecular complexity index is 647. The van der Waals surface area contributed by atoms with Gasteiger partial charge in [-0.3, -0.25) is 0 Å². The van der Waals surface area contributed by atoms with Crippen molar-refractivity contribution in [3.63, 3.8) is 0 Å². The van der Waals surface area contributed by atoms with E-state index in [1.54, 1.807) is 12.1 Å². The smallest absolute Gasteiger partial charge is 0.211 e. The van der Waals surface area contributed by atoms with Crippen LogP contribution in [-0.2, 0) is 10.0 Å². The summed E-state index contributed by atoms with van der Waals surface area (Å²) in [6.07, 6.45) is 2.96. The van der Waals surface area contributed by atoms with Crippen molar-refractivity contribution in [2.75, 3.05) is 31.2 Å². The lowest BCUT2D eigenvalue weighted by Gasteiger charge is -2.30. The van der Waals surface area contributed by atoms with Crippen molar-refractivity contribution in [2.24, 2.45) is 5.92 Å². The molecule has 21 heavy (non-hydrogen) atoms. The van der Waals surface area contributed by atoms with Gasteiger partial charge in [-0.25, -0.2) is 12.7 Å². The summed E-state index contributed by atoms with van der Waals surface area (Å²) < 4.78 is 24.4. The Hall–Kier alpha value is -1.29. The molecule has 1 N–H and O–H groups in total. The van der Waals surface area contributed by atoms with Gasteiger partial charge in [-0.15, -0.1) is 0 Å². The van der Waals surface area contributed by atoms with E-state index in [0.717, 1.165) is 25.1 Å². The highest BCUT2D eigenvalue weighted by Crippen LogP contribution is 2.23. The SMILES string of the molecule is CS(=O)(=O)N1CCC(CNc2ccc(C#N)c(Cl)c2)CC1. The molecule has 2 rings (SSSR count). The second kappa shape index (κ2) is 6.65. The highest BCUT2D eigenvalue weighted by molar-refractivity contribution is 7.88. The Morgan fingerprint density at radius 3 is 2.62 bits per heavy atom. The predicted octanol–water partition coefficient (Wildman–Crippen LogP) is 2.30. The van der Waals surface area contributed by atoms with Crippen LogP contribution in [0.25, 0.3) is 0 Å². The molecule has 0 saturated carbocycles. The van der Waals surface area contributed by atoms with E-state index in [-0.39, 0.29) is 0 Å². The van der Waals surface area contributed by atoms with Gasteiger partial charge < -0.3 is 5.32 Å². The van der Waals surface area contributed by atoms with Gasteiger partial charge in [-0.2, -0.15) is 5.26 Å². The maximum atomic E-state index is 11.4. The number of benzene rings is 1. The molecule has 0 aromatic heterocycles. The van der Waals surface area contributed by atoms with Crippen LogP contribution in [0.15, 0.2) is 18.2 Å². The molecule has 0 radical (unpaired) electrons. The lowest BCUT2D eigenvalue weighted by atomic mass is 9.98. The number of nitrogens with one attached hydrogen (secondary N) is 1. The summed E-state index contributed by atoms with van der Waals surface area (Å²) in [5.41, 5.74) is 1.34. The number of piperidine rings is 1. The Labute approximate surface area is 130 Å². The first-order chi connectivity index (χ1) is 9.90. The second-order valence-corrected chi connectivity index (χ2v) is 7.68. The van der Waals surface area contributed by atoms with Crippen LogP contribution in [0, 0.1) is 17.2 Å². The molecule has 5 nitrogen and oxygen atoms in total. The third-order valence-electron chi connectivity index (χ3n) is 3.73. The van der Waals surface area contributed by atoms with Crippen molar-refractivity contribution in [1.82, 2.24) is 4.31 Å². The first-order valence-electron chi connectivity index (χ1n) is 6.79. The van der Waals surface area contributed by atoms with Crippen LogP contribution in [0.5, 0.6) is 0 Å². The molecular formula is C14H18ClN3O2S. The number of hydrogen-bond donors (Lipinski definition) is 1. The topological polar surface area (TPSA) is 73.2 Å². The highest BCUT2D eigenvalue weighted by Gasteiger charge is 2.24. The number of nitrogens with zero attached hydrogens (tertiary/aromatic N) is 2. The summed E-state index contributed by atoms with van der Waals surface area (Å²) in [5.74, 6) is 0.442. The monoisotopic (exact) mass is 327 g/mol. The van der Waals surface area contributed by atoms with Crippen LogP contribution in [0.3, 0.4) is 0 Å². The molecule has 0 atom stereocenters. The molecule has 0 bridgehead atoms. The van der Waals surface area contributed by atoms with E-state index in [2.05, 4.69) is 5.32 Å². The summed E-state index contributed by atoms with van der Waals surface area (Å²) in [4.78, 5) is 0. The molecule has 1 aromatic rings. The fourth-order valence-corrected chi connectivity index (χ4v) is 3.52. The molecule has 1 aliphatic heterocycles. The predicted molar refractivity (Wildman–Crippen MR) is 83.8 cm³/mol. The maximum Gasteiger partial charge on any atom is 0.211 e. The van der Waals surface area contributed by atoms with Crippen LogP contribution in [-0.4, -0.2) is 38.6 Å². The first-order valence-corrected chi connectivity index (χ1v) is 9.01. The Kier molecular flexibility index (Phi) is 5.09. The zero-order chi connectivity index (χ0) is 15.5. The molecule has 1 heterocycles. The third kappa shape index (κ3) is 4.34. The van der Waals surface area contributed by atoms with E-state index in [1.165, 1.54) is 10.6 Å². The lowest BCUT2D eigenvalue weighted by molar-refractivity contribution is 0.283. The largest absolute Gasteiger partial charge is 0.385 e. The first kappa shape index (κ1) is 16.1. The van der Waals surface area contributed by atoms with Gasteiger partial charge in [0.2, 0.25) is 10.0 Å². The van der Waals surface area contributed by atoms with E-state index in [0.29, 0.717) is 29.6 Å². The van der Waals surface area contributed by atoms with E-state index in [4.69, 9.17) is 16.9 Å². The zero-order valence-electron chi connectivity index (χ0n) is 11.8. The van der Waals surface area contributed by atoms with Crippen LogP contribution in [0.4, 0.5) is 5.69 Å². The molecule has 1 saturated heterocycles. The van der Waals surface area contributed by atoms with E-state index >= 15 is 0 Å². The Balaban J connectivity index is 1.85. The van der Waals surface area contributed by atoms with Crippen LogP contribution in [0.1, 0.15) is 18.4 Å². The molecule has 114 valence electrons. The molecular weight excluding hydrogens is 310 g/mol. The number of halogens is 1. The summed E-state index contributed by atoms with van der Waals surface area (Å²) in [5, 5.41) is 12.6. The van der Waals surface area contributed by atoms with Crippen molar-refractivity contribution >= 4 is 27.3 Å². The number of sulfonamides is 1. The van der Waals surface area contributed by atoms with Gasteiger partial charge in [0.05, 0.1) is 16.8 Å². The lowest BCUT2D eigenvalue weighted by Crippen LogP contribution is -2.39. The van der Waals surface area contributed by atoms with Gasteiger partial charge in [-0.1, -0.05) is 11.6 Å². The molecule has 1 aromatic carbocycles. The molecule has 0 spiro atoms. The Morgan fingerprint density at radius 2 is 2.10 bits per heavy atom. The minimum absolute atomic E-state index is 0.439. The fraction of sp³-hybridized carbons (Fsp3) is 0.500. The summed E-state index contributed by atoms with van der Waals surface area (Å²) in [6.45, 7) is 1.94. The molecule has 1 aliphatic rings. The number of hydrogen-bond acceptors (Lipinski definition) is 4. The summed E-state index contributed by atoms with van der Waals surface area (Å²) in [7, 11) is -3.06. The van der Waals surface area contributed by atoms with Gasteiger partial charge in [0, 0.05) is 25.3 Å². The van der Waals surface area contributed by atoms with Gasteiger partial charge in [0.15, 0.2) is 0 Å². The quantitative estimate of drug-likeness (QED) is 0.921. The van der Waals surface area contributed by atoms with Crippen LogP contribution >= 0.6 is 11.6 Å². The van der Waals surface area contributed by atoms with Crippen molar-refractivity contribution in [3.05, 3.63) is 28.8 Å². The minimum atomic E-state index is -3.06. The van der Waals surface area contributed by atoms with Gasteiger partial charge in [0.1, 0.15) is 6.07 Å². The van der Waals surface area contributed by atoms with E-state index < -0.39 is 10.0 Å². The van der Waals surface area contributed by atoms with Crippen molar-refractivity contribution in [2.45, 2.75) is 12.8 Å². The number of nitriles is 1. The molecule has 0 amide bonds. The normalized spacial score (nSPS) is 17.4. The third-order valence-corrected chi connectivity index (χ3v) is 5.34.